The van der Waals surface area contributed by atoms with E-state index in [4.69, 9.17) is 14.1 Å². The van der Waals surface area contributed by atoms with Gasteiger partial charge in [0.15, 0.2) is 0 Å². The number of ether oxygens (including phenoxy) is 1. The predicted octanol–water partition coefficient (Wildman–Crippen LogP) is 4.25. The number of oxazole rings is 1. The van der Waals surface area contributed by atoms with E-state index >= 15 is 0 Å². The fraction of sp³-hybridized carbons (Fsp3) is 0.143. The number of benzene rings is 3. The summed E-state index contributed by atoms with van der Waals surface area (Å²) in [5.41, 5.74) is 3.52. The van der Waals surface area contributed by atoms with E-state index in [0.29, 0.717) is 59.1 Å². The first-order chi connectivity index (χ1) is 17.6. The standard InChI is InChI=1S/C28H22N4O4/c1-35-19-11-9-18(10-12-19)32-25(30-24-8-3-2-5-22(24)28(32)34)13-15-31-17-23-20(26-29-14-16-36-26)6-4-7-21(23)27(31)33/h2-12,14,16H,13,15,17H2,1H3. The maximum atomic E-state index is 13.5. The summed E-state index contributed by atoms with van der Waals surface area (Å²) >= 11 is 0. The van der Waals surface area contributed by atoms with Gasteiger partial charge in [0.25, 0.3) is 11.5 Å². The minimum absolute atomic E-state index is 0.0578. The Morgan fingerprint density at radius 3 is 2.56 bits per heavy atom. The minimum atomic E-state index is -0.150. The second kappa shape index (κ2) is 8.81. The van der Waals surface area contributed by atoms with Gasteiger partial charge in [0.2, 0.25) is 5.89 Å². The number of methoxy groups -OCH3 is 1. The molecule has 3 aromatic carbocycles. The number of nitrogens with zero attached hydrogens (tertiary/aromatic N) is 4. The molecule has 0 atom stereocenters. The van der Waals surface area contributed by atoms with E-state index < -0.39 is 0 Å². The second-order valence-electron chi connectivity index (χ2n) is 8.53. The molecule has 6 rings (SSSR count). The average Bonchev–Trinajstić information content (AvgIpc) is 3.56. The van der Waals surface area contributed by atoms with Crippen LogP contribution >= 0.6 is 0 Å². The molecule has 0 aliphatic carbocycles. The normalized spacial score (nSPS) is 12.8. The Balaban J connectivity index is 1.35. The van der Waals surface area contributed by atoms with Gasteiger partial charge in [-0.1, -0.05) is 18.2 Å². The van der Waals surface area contributed by atoms with Gasteiger partial charge >= 0.3 is 0 Å². The van der Waals surface area contributed by atoms with Crippen molar-refractivity contribution in [3.05, 3.63) is 106 Å². The minimum Gasteiger partial charge on any atom is -0.497 e. The molecular formula is C28H22N4O4. The molecule has 0 N–H and O–H groups in total. The van der Waals surface area contributed by atoms with Crippen LogP contribution in [0.5, 0.6) is 5.75 Å². The number of fused-ring (bicyclic) bond motifs is 2. The van der Waals surface area contributed by atoms with Crippen LogP contribution in [0.3, 0.4) is 0 Å². The van der Waals surface area contributed by atoms with Crippen LogP contribution in [0.1, 0.15) is 21.7 Å². The van der Waals surface area contributed by atoms with Crippen molar-refractivity contribution in [2.45, 2.75) is 13.0 Å². The highest BCUT2D eigenvalue weighted by atomic mass is 16.5. The molecule has 3 heterocycles. The maximum Gasteiger partial charge on any atom is 0.265 e. The monoisotopic (exact) mass is 478 g/mol. The van der Waals surface area contributed by atoms with Crippen molar-refractivity contribution in [2.24, 2.45) is 0 Å². The van der Waals surface area contributed by atoms with Gasteiger partial charge in [0.1, 0.15) is 17.8 Å². The molecule has 178 valence electrons. The van der Waals surface area contributed by atoms with Crippen molar-refractivity contribution in [1.29, 1.82) is 0 Å². The molecule has 0 unspecified atom stereocenters. The number of carbonyl (C=O) groups is 1. The maximum absolute atomic E-state index is 13.5. The fourth-order valence-electron chi connectivity index (χ4n) is 4.71. The average molecular weight is 479 g/mol. The highest BCUT2D eigenvalue weighted by Gasteiger charge is 2.30. The third-order valence-corrected chi connectivity index (χ3v) is 6.49. The van der Waals surface area contributed by atoms with Crippen molar-refractivity contribution >= 4 is 16.8 Å². The number of hydrogen-bond acceptors (Lipinski definition) is 6. The van der Waals surface area contributed by atoms with Crippen molar-refractivity contribution in [3.8, 4) is 22.9 Å². The van der Waals surface area contributed by atoms with Gasteiger partial charge < -0.3 is 14.1 Å². The number of aromatic nitrogens is 3. The summed E-state index contributed by atoms with van der Waals surface area (Å²) in [7, 11) is 1.60. The molecule has 8 nitrogen and oxygen atoms in total. The summed E-state index contributed by atoms with van der Waals surface area (Å²) in [6.45, 7) is 0.840. The zero-order valence-electron chi connectivity index (χ0n) is 19.5. The van der Waals surface area contributed by atoms with Gasteiger partial charge in [0.05, 0.1) is 29.9 Å². The van der Waals surface area contributed by atoms with Gasteiger partial charge in [-0.3, -0.25) is 14.2 Å². The van der Waals surface area contributed by atoms with Crippen molar-refractivity contribution < 1.29 is 13.9 Å². The van der Waals surface area contributed by atoms with E-state index in [0.717, 1.165) is 11.1 Å². The highest BCUT2D eigenvalue weighted by Crippen LogP contribution is 2.32. The third-order valence-electron chi connectivity index (χ3n) is 6.49. The van der Waals surface area contributed by atoms with Crippen LogP contribution in [-0.2, 0) is 13.0 Å². The molecule has 0 radical (unpaired) electrons. The molecule has 8 heteroatoms. The molecule has 0 bridgehead atoms. The zero-order chi connectivity index (χ0) is 24.6. The SMILES string of the molecule is COc1ccc(-n2c(CCN3Cc4c(cccc4-c4ncco4)C3=O)nc3ccccc3c2=O)cc1. The Morgan fingerprint density at radius 1 is 0.972 bits per heavy atom. The zero-order valence-corrected chi connectivity index (χ0v) is 19.5. The summed E-state index contributed by atoms with van der Waals surface area (Å²) in [5.74, 6) is 1.72. The molecule has 36 heavy (non-hydrogen) atoms. The Hall–Kier alpha value is -4.72. The molecule has 1 aliphatic heterocycles. The van der Waals surface area contributed by atoms with E-state index in [-0.39, 0.29) is 11.5 Å². The number of para-hydroxylation sites is 1. The van der Waals surface area contributed by atoms with Crippen molar-refractivity contribution in [1.82, 2.24) is 19.4 Å². The van der Waals surface area contributed by atoms with E-state index in [9.17, 15) is 9.59 Å². The summed E-state index contributed by atoms with van der Waals surface area (Å²) < 4.78 is 12.4. The van der Waals surface area contributed by atoms with E-state index in [2.05, 4.69) is 4.98 Å². The molecule has 0 saturated carbocycles. The molecule has 0 spiro atoms. The largest absolute Gasteiger partial charge is 0.497 e. The predicted molar refractivity (Wildman–Crippen MR) is 134 cm³/mol. The van der Waals surface area contributed by atoms with Crippen LogP contribution in [0, 0.1) is 0 Å². The second-order valence-corrected chi connectivity index (χ2v) is 8.53. The number of rotatable bonds is 6. The molecule has 0 saturated heterocycles. The summed E-state index contributed by atoms with van der Waals surface area (Å²) in [6, 6.07) is 20.2. The van der Waals surface area contributed by atoms with Gasteiger partial charge in [-0.05, 0) is 54.1 Å². The Bertz CT molecular complexity index is 1640. The topological polar surface area (TPSA) is 90.5 Å². The van der Waals surface area contributed by atoms with Gasteiger partial charge in [0, 0.05) is 30.6 Å². The molecule has 5 aromatic rings. The van der Waals surface area contributed by atoms with Crippen LogP contribution in [-0.4, -0.2) is 39.0 Å². The van der Waals surface area contributed by atoms with Gasteiger partial charge in [-0.2, -0.15) is 0 Å². The van der Waals surface area contributed by atoms with Gasteiger partial charge in [-0.15, -0.1) is 0 Å². The molecule has 1 aliphatic rings. The smallest absolute Gasteiger partial charge is 0.265 e. The van der Waals surface area contributed by atoms with E-state index in [1.54, 1.807) is 28.8 Å². The Kier molecular flexibility index (Phi) is 5.33. The summed E-state index contributed by atoms with van der Waals surface area (Å²) in [4.78, 5) is 37.6. The quantitative estimate of drug-likeness (QED) is 0.363. The van der Waals surface area contributed by atoms with Gasteiger partial charge in [-0.25, -0.2) is 9.97 Å². The summed E-state index contributed by atoms with van der Waals surface area (Å²) in [6.07, 6.45) is 3.51. The molecular weight excluding hydrogens is 456 g/mol. The first-order valence-corrected chi connectivity index (χ1v) is 11.6. The number of carbonyl (C=O) groups excluding carboxylic acids is 1. The highest BCUT2D eigenvalue weighted by molar-refractivity contribution is 6.00. The van der Waals surface area contributed by atoms with Crippen LogP contribution in [0.25, 0.3) is 28.0 Å². The van der Waals surface area contributed by atoms with E-state index in [1.165, 1.54) is 6.26 Å². The lowest BCUT2D eigenvalue weighted by molar-refractivity contribution is 0.0779. The van der Waals surface area contributed by atoms with Crippen LogP contribution < -0.4 is 10.3 Å². The molecule has 2 aromatic heterocycles. The lowest BCUT2D eigenvalue weighted by Gasteiger charge is -2.18. The Labute approximate surface area is 206 Å². The van der Waals surface area contributed by atoms with E-state index in [1.807, 2.05) is 60.7 Å². The number of amides is 1. The number of hydrogen-bond donors (Lipinski definition) is 0. The first-order valence-electron chi connectivity index (χ1n) is 11.6. The van der Waals surface area contributed by atoms with Crippen LogP contribution in [0.4, 0.5) is 0 Å². The van der Waals surface area contributed by atoms with Crippen molar-refractivity contribution in [3.63, 3.8) is 0 Å². The van der Waals surface area contributed by atoms with Crippen molar-refractivity contribution in [2.75, 3.05) is 13.7 Å². The fourth-order valence-corrected chi connectivity index (χ4v) is 4.71. The van der Waals surface area contributed by atoms with Crippen LogP contribution in [0.15, 0.2) is 88.4 Å². The molecule has 1 amide bonds. The third kappa shape index (κ3) is 3.63. The summed E-state index contributed by atoms with van der Waals surface area (Å²) in [5, 5.41) is 0.539. The lowest BCUT2D eigenvalue weighted by Crippen LogP contribution is -2.30. The van der Waals surface area contributed by atoms with Crippen LogP contribution in [0.2, 0.25) is 0 Å². The Morgan fingerprint density at radius 2 is 1.78 bits per heavy atom. The first kappa shape index (κ1) is 21.8. The lowest BCUT2D eigenvalue weighted by atomic mass is 10.0. The molecule has 0 fully saturated rings.